The number of nitrogens with zero attached hydrogens (tertiary/aromatic N) is 1. The van der Waals surface area contributed by atoms with Crippen LogP contribution in [0.15, 0.2) is 30.3 Å². The van der Waals surface area contributed by atoms with Crippen molar-refractivity contribution in [2.45, 2.75) is 38.1 Å². The lowest BCUT2D eigenvalue weighted by Gasteiger charge is -2.16. The van der Waals surface area contributed by atoms with E-state index in [1.807, 2.05) is 37.3 Å². The van der Waals surface area contributed by atoms with Gasteiger partial charge in [-0.05, 0) is 12.5 Å². The third-order valence-electron chi connectivity index (χ3n) is 2.60. The number of halogens is 3. The summed E-state index contributed by atoms with van der Waals surface area (Å²) in [4.78, 5) is 3.20. The van der Waals surface area contributed by atoms with Crippen LogP contribution in [0.5, 0.6) is 0 Å². The zero-order valence-electron chi connectivity index (χ0n) is 10.0. The smallest absolute Gasteiger partial charge is 0.296 e. The highest BCUT2D eigenvalue weighted by atomic mass is 19.4. The summed E-state index contributed by atoms with van der Waals surface area (Å²) in [5.41, 5.74) is 0.957. The average molecular weight is 256 g/mol. The number of rotatable bonds is 5. The van der Waals surface area contributed by atoms with Gasteiger partial charge in [0.25, 0.3) is 6.17 Å². The topological polar surface area (TPSA) is 16.4 Å². The van der Waals surface area contributed by atoms with Gasteiger partial charge in [0.1, 0.15) is 0 Å². The first kappa shape index (κ1) is 14.5. The van der Waals surface area contributed by atoms with E-state index in [1.54, 1.807) is 0 Å². The van der Waals surface area contributed by atoms with Gasteiger partial charge in [-0.3, -0.25) is 4.85 Å². The van der Waals surface area contributed by atoms with E-state index in [0.29, 0.717) is 0 Å². The highest BCUT2D eigenvalue weighted by molar-refractivity contribution is 5.18. The fourth-order valence-corrected chi connectivity index (χ4v) is 1.61. The highest BCUT2D eigenvalue weighted by Crippen LogP contribution is 2.23. The molecule has 0 saturated heterocycles. The van der Waals surface area contributed by atoms with Gasteiger partial charge in [0.05, 0.1) is 6.42 Å². The van der Waals surface area contributed by atoms with Gasteiger partial charge in [0, 0.05) is 12.5 Å². The zero-order valence-corrected chi connectivity index (χ0v) is 10.0. The summed E-state index contributed by atoms with van der Waals surface area (Å²) in [6.07, 6.45) is -6.17. The number of hydrogen-bond donors (Lipinski definition) is 1. The molecule has 18 heavy (non-hydrogen) atoms. The van der Waals surface area contributed by atoms with Crippen molar-refractivity contribution in [3.63, 3.8) is 0 Å². The van der Waals surface area contributed by atoms with Crippen LogP contribution in [0.3, 0.4) is 0 Å². The number of nitrogens with one attached hydrogen (secondary N) is 1. The minimum atomic E-state index is -4.21. The molecule has 1 unspecified atom stereocenters. The predicted octanol–water partition coefficient (Wildman–Crippen LogP) is 3.93. The van der Waals surface area contributed by atoms with Gasteiger partial charge in [0.2, 0.25) is 0 Å². The molecule has 1 N–H and O–H groups in total. The average Bonchev–Trinajstić information content (AvgIpc) is 2.34. The van der Waals surface area contributed by atoms with E-state index in [9.17, 15) is 13.2 Å². The van der Waals surface area contributed by atoms with Crippen molar-refractivity contribution in [3.05, 3.63) is 47.3 Å². The van der Waals surface area contributed by atoms with E-state index in [2.05, 4.69) is 10.2 Å². The minimum absolute atomic E-state index is 0.140. The second kappa shape index (κ2) is 6.41. The SMILES string of the molecule is [C-]#[N+]C(CCC(F)(F)F)N[C@H](C)c1ccccc1. The Morgan fingerprint density at radius 3 is 2.39 bits per heavy atom. The third-order valence-corrected chi connectivity index (χ3v) is 2.60. The maximum Gasteiger partial charge on any atom is 0.389 e. The van der Waals surface area contributed by atoms with Gasteiger partial charge >= 0.3 is 6.18 Å². The fraction of sp³-hybridized carbons (Fsp3) is 0.462. The van der Waals surface area contributed by atoms with Crippen LogP contribution < -0.4 is 5.32 Å². The van der Waals surface area contributed by atoms with E-state index in [1.165, 1.54) is 0 Å². The number of benzene rings is 1. The Labute approximate surface area is 105 Å². The van der Waals surface area contributed by atoms with Crippen molar-refractivity contribution in [2.24, 2.45) is 0 Å². The second-order valence-corrected chi connectivity index (χ2v) is 4.10. The van der Waals surface area contributed by atoms with Gasteiger partial charge in [-0.1, -0.05) is 30.3 Å². The van der Waals surface area contributed by atoms with E-state index in [-0.39, 0.29) is 12.5 Å². The molecule has 0 spiro atoms. The number of hydrogen-bond acceptors (Lipinski definition) is 1. The van der Waals surface area contributed by atoms with Gasteiger partial charge in [0.15, 0.2) is 0 Å². The molecule has 0 aliphatic heterocycles. The Kier molecular flexibility index (Phi) is 5.17. The molecule has 0 saturated carbocycles. The van der Waals surface area contributed by atoms with Crippen molar-refractivity contribution in [2.75, 3.05) is 0 Å². The van der Waals surface area contributed by atoms with E-state index in [4.69, 9.17) is 6.57 Å². The molecule has 0 aliphatic rings. The molecule has 1 aromatic carbocycles. The maximum atomic E-state index is 12.1. The van der Waals surface area contributed by atoms with Crippen molar-refractivity contribution in [1.82, 2.24) is 5.32 Å². The van der Waals surface area contributed by atoms with Gasteiger partial charge in [-0.15, -0.1) is 0 Å². The van der Waals surface area contributed by atoms with Crippen LogP contribution in [0.2, 0.25) is 0 Å². The first-order valence-electron chi connectivity index (χ1n) is 5.66. The van der Waals surface area contributed by atoms with Crippen molar-refractivity contribution in [1.29, 1.82) is 0 Å². The normalized spacial score (nSPS) is 14.8. The molecule has 0 aliphatic carbocycles. The van der Waals surface area contributed by atoms with Crippen LogP contribution in [-0.2, 0) is 0 Å². The minimum Gasteiger partial charge on any atom is -0.296 e. The molecule has 0 aromatic heterocycles. The summed E-state index contributed by atoms with van der Waals surface area (Å²) in [6.45, 7) is 8.75. The quantitative estimate of drug-likeness (QED) is 0.790. The molecule has 0 radical (unpaired) electrons. The Morgan fingerprint density at radius 2 is 1.89 bits per heavy atom. The molecule has 0 bridgehead atoms. The van der Waals surface area contributed by atoms with Crippen molar-refractivity contribution >= 4 is 0 Å². The van der Waals surface area contributed by atoms with Crippen molar-refractivity contribution in [3.8, 4) is 0 Å². The van der Waals surface area contributed by atoms with Crippen LogP contribution in [0.25, 0.3) is 4.85 Å². The van der Waals surface area contributed by atoms with Crippen LogP contribution >= 0.6 is 0 Å². The standard InChI is InChI=1S/C13H15F3N2/c1-10(11-6-4-3-5-7-11)18-12(17-2)8-9-13(14,15)16/h3-7,10,12,18H,8-9H2,1H3/t10-,12?/m1/s1. The van der Waals surface area contributed by atoms with Crippen molar-refractivity contribution < 1.29 is 13.2 Å². The summed E-state index contributed by atoms with van der Waals surface area (Å²) in [5, 5.41) is 2.90. The predicted molar refractivity (Wildman–Crippen MR) is 63.7 cm³/mol. The molecule has 1 rings (SSSR count). The lowest BCUT2D eigenvalue weighted by Crippen LogP contribution is -2.30. The Bertz CT molecular complexity index is 395. The highest BCUT2D eigenvalue weighted by Gasteiger charge is 2.30. The molecular formula is C13H15F3N2. The molecule has 98 valence electrons. The van der Waals surface area contributed by atoms with Crippen LogP contribution in [0.4, 0.5) is 13.2 Å². The molecule has 0 heterocycles. The molecule has 0 fully saturated rings. The van der Waals surface area contributed by atoms with Gasteiger partial charge in [-0.25, -0.2) is 11.9 Å². The van der Waals surface area contributed by atoms with Gasteiger partial charge < -0.3 is 0 Å². The summed E-state index contributed by atoms with van der Waals surface area (Å²) >= 11 is 0. The molecule has 2 atom stereocenters. The second-order valence-electron chi connectivity index (χ2n) is 4.10. The summed E-state index contributed by atoms with van der Waals surface area (Å²) in [5.74, 6) is 0. The summed E-state index contributed by atoms with van der Waals surface area (Å²) in [6, 6.07) is 9.20. The van der Waals surface area contributed by atoms with E-state index < -0.39 is 18.8 Å². The van der Waals surface area contributed by atoms with E-state index in [0.717, 1.165) is 5.56 Å². The maximum absolute atomic E-state index is 12.1. The lowest BCUT2D eigenvalue weighted by molar-refractivity contribution is -0.136. The third kappa shape index (κ3) is 5.19. The molecule has 1 aromatic rings. The Balaban J connectivity index is 2.51. The molecule has 5 heteroatoms. The summed E-state index contributed by atoms with van der Waals surface area (Å²) in [7, 11) is 0. The largest absolute Gasteiger partial charge is 0.389 e. The fourth-order valence-electron chi connectivity index (χ4n) is 1.61. The molecule has 2 nitrogen and oxygen atoms in total. The Hall–Kier alpha value is -1.54. The van der Waals surface area contributed by atoms with Crippen LogP contribution in [0, 0.1) is 6.57 Å². The lowest BCUT2D eigenvalue weighted by atomic mass is 10.1. The molecule has 0 amide bonds. The Morgan fingerprint density at radius 1 is 1.28 bits per heavy atom. The first-order valence-corrected chi connectivity index (χ1v) is 5.66. The van der Waals surface area contributed by atoms with Crippen LogP contribution in [0.1, 0.15) is 31.4 Å². The molecular weight excluding hydrogens is 241 g/mol. The van der Waals surface area contributed by atoms with Crippen LogP contribution in [-0.4, -0.2) is 12.3 Å². The van der Waals surface area contributed by atoms with Gasteiger partial charge in [-0.2, -0.15) is 13.2 Å². The summed E-state index contributed by atoms with van der Waals surface area (Å²) < 4.78 is 36.2. The monoisotopic (exact) mass is 256 g/mol. The van der Waals surface area contributed by atoms with E-state index >= 15 is 0 Å². The zero-order chi connectivity index (χ0) is 13.6. The number of alkyl halides is 3. The first-order chi connectivity index (χ1) is 8.42.